The van der Waals surface area contributed by atoms with E-state index in [1.165, 1.54) is 5.56 Å². The van der Waals surface area contributed by atoms with Crippen molar-refractivity contribution in [1.29, 1.82) is 0 Å². The molecule has 98 valence electrons. The lowest BCUT2D eigenvalue weighted by atomic mass is 9.77. The summed E-state index contributed by atoms with van der Waals surface area (Å²) in [7, 11) is 2.14. The van der Waals surface area contributed by atoms with E-state index in [9.17, 15) is 5.11 Å². The van der Waals surface area contributed by atoms with Crippen LogP contribution in [0.5, 0.6) is 0 Å². The Kier molecular flexibility index (Phi) is 4.56. The second-order valence-electron chi connectivity index (χ2n) is 5.53. The topological polar surface area (TPSA) is 23.5 Å². The van der Waals surface area contributed by atoms with E-state index in [1.54, 1.807) is 0 Å². The van der Waals surface area contributed by atoms with Crippen molar-refractivity contribution in [3.8, 4) is 0 Å². The highest BCUT2D eigenvalue weighted by atomic mass is 16.3. The fourth-order valence-electron chi connectivity index (χ4n) is 2.80. The first-order valence-corrected chi connectivity index (χ1v) is 6.72. The van der Waals surface area contributed by atoms with Crippen LogP contribution in [0.3, 0.4) is 0 Å². The van der Waals surface area contributed by atoms with Gasteiger partial charge in [-0.2, -0.15) is 0 Å². The van der Waals surface area contributed by atoms with Gasteiger partial charge in [0.15, 0.2) is 0 Å². The van der Waals surface area contributed by atoms with Crippen LogP contribution in [-0.4, -0.2) is 30.2 Å². The number of aliphatic hydroxyl groups excluding tert-OH is 1. The summed E-state index contributed by atoms with van der Waals surface area (Å²) in [6.45, 7) is 2.20. The van der Waals surface area contributed by atoms with Gasteiger partial charge < -0.3 is 10.0 Å². The highest BCUT2D eigenvalue weighted by Gasteiger charge is 2.30. The zero-order valence-corrected chi connectivity index (χ0v) is 11.2. The maximum Gasteiger partial charge on any atom is 0.0502 e. The Labute approximate surface area is 110 Å². The van der Waals surface area contributed by atoms with Crippen molar-refractivity contribution < 1.29 is 5.11 Å². The summed E-state index contributed by atoms with van der Waals surface area (Å²) in [5.41, 5.74) is 1.40. The Balaban J connectivity index is 1.93. The van der Waals surface area contributed by atoms with Crippen LogP contribution in [0.15, 0.2) is 42.5 Å². The highest BCUT2D eigenvalue weighted by molar-refractivity contribution is 5.14. The quantitative estimate of drug-likeness (QED) is 0.806. The van der Waals surface area contributed by atoms with Gasteiger partial charge in [0.1, 0.15) is 0 Å². The summed E-state index contributed by atoms with van der Waals surface area (Å²) in [6.07, 6.45) is 7.64. The van der Waals surface area contributed by atoms with Gasteiger partial charge in [0.2, 0.25) is 0 Å². The van der Waals surface area contributed by atoms with Gasteiger partial charge >= 0.3 is 0 Å². The molecule has 0 saturated heterocycles. The van der Waals surface area contributed by atoms with Gasteiger partial charge in [0, 0.05) is 18.5 Å². The molecule has 2 rings (SSSR count). The molecular formula is C16H23NO. The highest BCUT2D eigenvalue weighted by Crippen LogP contribution is 2.33. The lowest BCUT2D eigenvalue weighted by Crippen LogP contribution is -2.38. The largest absolute Gasteiger partial charge is 0.396 e. The van der Waals surface area contributed by atoms with Gasteiger partial charge in [-0.05, 0) is 31.9 Å². The number of hydrogen-bond acceptors (Lipinski definition) is 2. The molecule has 0 aromatic heterocycles. The molecule has 1 aliphatic rings. The van der Waals surface area contributed by atoms with Gasteiger partial charge in [-0.25, -0.2) is 0 Å². The summed E-state index contributed by atoms with van der Waals surface area (Å²) in [6, 6.07) is 10.5. The first-order chi connectivity index (χ1) is 8.74. The molecule has 1 aromatic carbocycles. The third kappa shape index (κ3) is 3.44. The van der Waals surface area contributed by atoms with E-state index < -0.39 is 0 Å². The van der Waals surface area contributed by atoms with Gasteiger partial charge in [0.05, 0.1) is 6.61 Å². The van der Waals surface area contributed by atoms with Crippen molar-refractivity contribution in [2.45, 2.75) is 25.8 Å². The maximum absolute atomic E-state index is 9.70. The van der Waals surface area contributed by atoms with Gasteiger partial charge in [-0.15, -0.1) is 0 Å². The van der Waals surface area contributed by atoms with Crippen molar-refractivity contribution >= 4 is 0 Å². The number of nitrogens with zero attached hydrogens (tertiary/aromatic N) is 1. The smallest absolute Gasteiger partial charge is 0.0502 e. The molecule has 0 aliphatic heterocycles. The van der Waals surface area contributed by atoms with E-state index in [-0.39, 0.29) is 12.0 Å². The molecule has 0 spiro atoms. The van der Waals surface area contributed by atoms with E-state index in [4.69, 9.17) is 0 Å². The molecule has 0 fully saturated rings. The van der Waals surface area contributed by atoms with Crippen LogP contribution >= 0.6 is 0 Å². The molecule has 1 atom stereocenters. The summed E-state index contributed by atoms with van der Waals surface area (Å²) in [4.78, 5) is 2.32. The van der Waals surface area contributed by atoms with E-state index >= 15 is 0 Å². The van der Waals surface area contributed by atoms with Gasteiger partial charge in [-0.3, -0.25) is 0 Å². The Hall–Kier alpha value is -1.12. The van der Waals surface area contributed by atoms with Crippen LogP contribution in [0.25, 0.3) is 0 Å². The average molecular weight is 245 g/mol. The van der Waals surface area contributed by atoms with E-state index in [1.807, 2.05) is 6.07 Å². The summed E-state index contributed by atoms with van der Waals surface area (Å²) >= 11 is 0. The van der Waals surface area contributed by atoms with E-state index in [0.717, 1.165) is 32.4 Å². The standard InChI is InChI=1S/C16H23NO/c1-17(12-15-8-4-2-5-9-15)13-16(14-18)10-6-3-7-11-16/h2-6,8-9,18H,7,10-14H2,1H3. The fraction of sp³-hybridized carbons (Fsp3) is 0.500. The minimum atomic E-state index is 0.0677. The first-order valence-electron chi connectivity index (χ1n) is 6.72. The number of allylic oxidation sites excluding steroid dienone is 2. The van der Waals surface area contributed by atoms with Crippen LogP contribution in [0.1, 0.15) is 24.8 Å². The third-order valence-corrected chi connectivity index (χ3v) is 3.79. The number of hydrogen-bond donors (Lipinski definition) is 1. The molecule has 0 bridgehead atoms. The van der Waals surface area contributed by atoms with Crippen molar-refractivity contribution in [2.24, 2.45) is 5.41 Å². The van der Waals surface area contributed by atoms with Gasteiger partial charge in [0.25, 0.3) is 0 Å². The van der Waals surface area contributed by atoms with E-state index in [2.05, 4.69) is 48.4 Å². The molecule has 2 heteroatoms. The molecule has 2 nitrogen and oxygen atoms in total. The Bertz CT molecular complexity index is 387. The molecule has 0 heterocycles. The molecular weight excluding hydrogens is 222 g/mol. The van der Waals surface area contributed by atoms with Crippen molar-refractivity contribution in [3.63, 3.8) is 0 Å². The lowest BCUT2D eigenvalue weighted by molar-refractivity contribution is 0.0720. The average Bonchev–Trinajstić information content (AvgIpc) is 2.41. The zero-order valence-electron chi connectivity index (χ0n) is 11.2. The first kappa shape index (κ1) is 13.3. The number of aliphatic hydroxyl groups is 1. The fourth-order valence-corrected chi connectivity index (χ4v) is 2.80. The van der Waals surface area contributed by atoms with Crippen LogP contribution in [0.2, 0.25) is 0 Å². The Morgan fingerprint density at radius 2 is 2.00 bits per heavy atom. The predicted octanol–water partition coefficient (Wildman–Crippen LogP) is 2.84. The van der Waals surface area contributed by atoms with Gasteiger partial charge in [-0.1, -0.05) is 42.5 Å². The predicted molar refractivity (Wildman–Crippen MR) is 75.3 cm³/mol. The Morgan fingerprint density at radius 3 is 2.61 bits per heavy atom. The van der Waals surface area contributed by atoms with Crippen LogP contribution < -0.4 is 0 Å². The SMILES string of the molecule is CN(Cc1ccccc1)CC1(CO)CC=CCC1. The second kappa shape index (κ2) is 6.17. The monoisotopic (exact) mass is 245 g/mol. The molecule has 0 saturated carbocycles. The van der Waals surface area contributed by atoms with Crippen molar-refractivity contribution in [3.05, 3.63) is 48.0 Å². The second-order valence-corrected chi connectivity index (χ2v) is 5.53. The van der Waals surface area contributed by atoms with Crippen LogP contribution in [0, 0.1) is 5.41 Å². The lowest BCUT2D eigenvalue weighted by Gasteiger charge is -2.36. The summed E-state index contributed by atoms with van der Waals surface area (Å²) < 4.78 is 0. The third-order valence-electron chi connectivity index (χ3n) is 3.79. The summed E-state index contributed by atoms with van der Waals surface area (Å²) in [5, 5.41) is 9.70. The van der Waals surface area contributed by atoms with Crippen molar-refractivity contribution in [2.75, 3.05) is 20.2 Å². The molecule has 1 aromatic rings. The molecule has 0 amide bonds. The van der Waals surface area contributed by atoms with Crippen LogP contribution in [0.4, 0.5) is 0 Å². The maximum atomic E-state index is 9.70. The Morgan fingerprint density at radius 1 is 1.22 bits per heavy atom. The molecule has 1 unspecified atom stereocenters. The molecule has 1 N–H and O–H groups in total. The van der Waals surface area contributed by atoms with Crippen LogP contribution in [-0.2, 0) is 6.54 Å². The number of rotatable bonds is 5. The minimum Gasteiger partial charge on any atom is -0.396 e. The van der Waals surface area contributed by atoms with Crippen molar-refractivity contribution in [1.82, 2.24) is 4.90 Å². The molecule has 0 radical (unpaired) electrons. The molecule has 1 aliphatic carbocycles. The normalized spacial score (nSPS) is 23.5. The van der Waals surface area contributed by atoms with E-state index in [0.29, 0.717) is 0 Å². The summed E-state index contributed by atoms with van der Waals surface area (Å²) in [5.74, 6) is 0. The minimum absolute atomic E-state index is 0.0677. The molecule has 18 heavy (non-hydrogen) atoms. The zero-order chi connectivity index (χ0) is 12.8. The number of benzene rings is 1.